The van der Waals surface area contributed by atoms with Crippen LogP contribution in [0.1, 0.15) is 58.1 Å². The molecule has 2 atom stereocenters. The van der Waals surface area contributed by atoms with Crippen molar-refractivity contribution in [2.24, 2.45) is 0 Å². The molecule has 0 aliphatic rings. The molecule has 0 fully saturated rings. The summed E-state index contributed by atoms with van der Waals surface area (Å²) in [5, 5.41) is 3.74. The molecule has 0 aromatic heterocycles. The Labute approximate surface area is 125 Å². The number of nitrogens with zero attached hydrogens (tertiary/aromatic N) is 1. The molecule has 2 nitrogen and oxygen atoms in total. The summed E-state index contributed by atoms with van der Waals surface area (Å²) in [6.45, 7) is 8.99. The Morgan fingerprint density at radius 3 is 2.45 bits per heavy atom. The van der Waals surface area contributed by atoms with Gasteiger partial charge in [-0.25, -0.2) is 0 Å². The summed E-state index contributed by atoms with van der Waals surface area (Å²) in [4.78, 5) is 2.44. The van der Waals surface area contributed by atoms with Gasteiger partial charge in [-0.15, -0.1) is 0 Å². The molecule has 1 aromatic rings. The van der Waals surface area contributed by atoms with E-state index in [1.807, 2.05) is 0 Å². The lowest BCUT2D eigenvalue weighted by Gasteiger charge is -2.25. The van der Waals surface area contributed by atoms with E-state index in [0.29, 0.717) is 12.1 Å². The molecule has 0 bridgehead atoms. The molecule has 1 aromatic carbocycles. The average molecular weight is 276 g/mol. The topological polar surface area (TPSA) is 15.3 Å². The standard InChI is InChI=1S/C18H32N2/c1-5-7-13-18(17-11-9-8-10-12-17)19-14-15-20(4)16(3)6-2/h8-12,16,18-19H,5-7,13-15H2,1-4H3. The first-order valence-electron chi connectivity index (χ1n) is 8.17. The van der Waals surface area contributed by atoms with Crippen LogP contribution in [0.3, 0.4) is 0 Å². The fourth-order valence-corrected chi connectivity index (χ4v) is 2.43. The summed E-state index contributed by atoms with van der Waals surface area (Å²) in [5.74, 6) is 0. The zero-order valence-electron chi connectivity index (χ0n) is 13.7. The van der Waals surface area contributed by atoms with Crippen molar-refractivity contribution in [1.29, 1.82) is 0 Å². The van der Waals surface area contributed by atoms with Crippen molar-refractivity contribution >= 4 is 0 Å². The van der Waals surface area contributed by atoms with Gasteiger partial charge in [-0.2, -0.15) is 0 Å². The summed E-state index contributed by atoms with van der Waals surface area (Å²) < 4.78 is 0. The molecule has 2 heteroatoms. The lowest BCUT2D eigenvalue weighted by atomic mass is 10.0. The van der Waals surface area contributed by atoms with Gasteiger partial charge in [-0.05, 0) is 32.4 Å². The van der Waals surface area contributed by atoms with Crippen molar-refractivity contribution in [2.75, 3.05) is 20.1 Å². The highest BCUT2D eigenvalue weighted by molar-refractivity contribution is 5.18. The van der Waals surface area contributed by atoms with Gasteiger partial charge in [-0.3, -0.25) is 0 Å². The van der Waals surface area contributed by atoms with E-state index >= 15 is 0 Å². The van der Waals surface area contributed by atoms with Crippen LogP contribution in [0.4, 0.5) is 0 Å². The van der Waals surface area contributed by atoms with Gasteiger partial charge in [0.15, 0.2) is 0 Å². The number of likely N-dealkylation sites (N-methyl/N-ethyl adjacent to an activating group) is 1. The lowest BCUT2D eigenvalue weighted by molar-refractivity contribution is 0.247. The largest absolute Gasteiger partial charge is 0.309 e. The summed E-state index contributed by atoms with van der Waals surface area (Å²) in [6, 6.07) is 12.0. The van der Waals surface area contributed by atoms with Crippen LogP contribution < -0.4 is 5.32 Å². The summed E-state index contributed by atoms with van der Waals surface area (Å²) in [5.41, 5.74) is 1.42. The van der Waals surface area contributed by atoms with Crippen LogP contribution in [0.15, 0.2) is 30.3 Å². The van der Waals surface area contributed by atoms with Gasteiger partial charge in [0.25, 0.3) is 0 Å². The molecule has 2 unspecified atom stereocenters. The molecule has 0 spiro atoms. The zero-order valence-corrected chi connectivity index (χ0v) is 13.7. The van der Waals surface area contributed by atoms with Gasteiger partial charge in [0, 0.05) is 25.2 Å². The van der Waals surface area contributed by atoms with Crippen molar-refractivity contribution in [3.05, 3.63) is 35.9 Å². The van der Waals surface area contributed by atoms with Crippen LogP contribution in [0, 0.1) is 0 Å². The van der Waals surface area contributed by atoms with Gasteiger partial charge in [-0.1, -0.05) is 57.0 Å². The maximum atomic E-state index is 3.74. The molecule has 0 saturated carbocycles. The molecular weight excluding hydrogens is 244 g/mol. The van der Waals surface area contributed by atoms with Crippen LogP contribution in [-0.4, -0.2) is 31.1 Å². The fourth-order valence-electron chi connectivity index (χ4n) is 2.43. The second-order valence-electron chi connectivity index (χ2n) is 5.80. The summed E-state index contributed by atoms with van der Waals surface area (Å²) in [7, 11) is 2.22. The smallest absolute Gasteiger partial charge is 0.0320 e. The van der Waals surface area contributed by atoms with E-state index in [1.54, 1.807) is 0 Å². The van der Waals surface area contributed by atoms with E-state index in [9.17, 15) is 0 Å². The van der Waals surface area contributed by atoms with Crippen molar-refractivity contribution in [2.45, 2.75) is 58.5 Å². The van der Waals surface area contributed by atoms with E-state index in [2.05, 4.69) is 68.4 Å². The Morgan fingerprint density at radius 1 is 1.15 bits per heavy atom. The number of rotatable bonds is 10. The van der Waals surface area contributed by atoms with Crippen molar-refractivity contribution in [3.63, 3.8) is 0 Å². The minimum Gasteiger partial charge on any atom is -0.309 e. The Kier molecular flexibility index (Phi) is 8.56. The van der Waals surface area contributed by atoms with Crippen LogP contribution in [0.5, 0.6) is 0 Å². The molecular formula is C18H32N2. The Balaban J connectivity index is 2.45. The number of benzene rings is 1. The Hall–Kier alpha value is -0.860. The molecule has 114 valence electrons. The third-order valence-electron chi connectivity index (χ3n) is 4.25. The van der Waals surface area contributed by atoms with Crippen LogP contribution in [0.25, 0.3) is 0 Å². The van der Waals surface area contributed by atoms with Crippen molar-refractivity contribution in [1.82, 2.24) is 10.2 Å². The molecule has 0 heterocycles. The SMILES string of the molecule is CCCCC(NCCN(C)C(C)CC)c1ccccc1. The Bertz CT molecular complexity index is 337. The maximum Gasteiger partial charge on any atom is 0.0320 e. The zero-order chi connectivity index (χ0) is 14.8. The normalized spacial score (nSPS) is 14.4. The predicted octanol–water partition coefficient (Wildman–Crippen LogP) is 4.24. The number of unbranched alkanes of at least 4 members (excludes halogenated alkanes) is 1. The van der Waals surface area contributed by atoms with Crippen LogP contribution in [0.2, 0.25) is 0 Å². The van der Waals surface area contributed by atoms with Crippen molar-refractivity contribution in [3.8, 4) is 0 Å². The van der Waals surface area contributed by atoms with Gasteiger partial charge in [0.2, 0.25) is 0 Å². The fraction of sp³-hybridized carbons (Fsp3) is 0.667. The molecule has 0 amide bonds. The highest BCUT2D eigenvalue weighted by atomic mass is 15.1. The molecule has 0 saturated heterocycles. The number of nitrogens with one attached hydrogen (secondary N) is 1. The van der Waals surface area contributed by atoms with Gasteiger partial charge in [0.05, 0.1) is 0 Å². The molecule has 20 heavy (non-hydrogen) atoms. The van der Waals surface area contributed by atoms with E-state index < -0.39 is 0 Å². The van der Waals surface area contributed by atoms with E-state index in [0.717, 1.165) is 13.1 Å². The average Bonchev–Trinajstić information content (AvgIpc) is 2.50. The van der Waals surface area contributed by atoms with Crippen LogP contribution >= 0.6 is 0 Å². The molecule has 0 aliphatic heterocycles. The van der Waals surface area contributed by atoms with E-state index in [4.69, 9.17) is 0 Å². The molecule has 0 aliphatic carbocycles. The summed E-state index contributed by atoms with van der Waals surface area (Å²) in [6.07, 6.45) is 4.99. The quantitative estimate of drug-likeness (QED) is 0.687. The van der Waals surface area contributed by atoms with Crippen molar-refractivity contribution < 1.29 is 0 Å². The first kappa shape index (κ1) is 17.2. The van der Waals surface area contributed by atoms with Gasteiger partial charge >= 0.3 is 0 Å². The Morgan fingerprint density at radius 2 is 1.85 bits per heavy atom. The molecule has 1 N–H and O–H groups in total. The second kappa shape index (κ2) is 9.95. The minimum absolute atomic E-state index is 0.501. The highest BCUT2D eigenvalue weighted by Gasteiger charge is 2.11. The van der Waals surface area contributed by atoms with E-state index in [-0.39, 0.29) is 0 Å². The van der Waals surface area contributed by atoms with Gasteiger partial charge < -0.3 is 10.2 Å². The number of hydrogen-bond donors (Lipinski definition) is 1. The third kappa shape index (κ3) is 6.06. The highest BCUT2D eigenvalue weighted by Crippen LogP contribution is 2.18. The predicted molar refractivity (Wildman–Crippen MR) is 89.1 cm³/mol. The van der Waals surface area contributed by atoms with E-state index in [1.165, 1.54) is 31.2 Å². The maximum absolute atomic E-state index is 3.74. The summed E-state index contributed by atoms with van der Waals surface area (Å²) >= 11 is 0. The first-order chi connectivity index (χ1) is 9.69. The molecule has 0 radical (unpaired) electrons. The molecule has 1 rings (SSSR count). The number of hydrogen-bond acceptors (Lipinski definition) is 2. The lowest BCUT2D eigenvalue weighted by Crippen LogP contribution is -2.36. The third-order valence-corrected chi connectivity index (χ3v) is 4.25. The second-order valence-corrected chi connectivity index (χ2v) is 5.80. The minimum atomic E-state index is 0.501. The van der Waals surface area contributed by atoms with Gasteiger partial charge in [0.1, 0.15) is 0 Å². The first-order valence-corrected chi connectivity index (χ1v) is 8.17. The van der Waals surface area contributed by atoms with Crippen LogP contribution in [-0.2, 0) is 0 Å². The monoisotopic (exact) mass is 276 g/mol.